The second-order valence-electron chi connectivity index (χ2n) is 5.20. The van der Waals surface area contributed by atoms with Crippen molar-refractivity contribution in [2.75, 3.05) is 19.7 Å². The molecule has 3 rings (SSSR count). The second-order valence-corrected chi connectivity index (χ2v) is 6.43. The topological polar surface area (TPSA) is 29.5 Å². The van der Waals surface area contributed by atoms with Crippen LogP contribution in [0, 0.1) is 5.82 Å². The van der Waals surface area contributed by atoms with Gasteiger partial charge in [-0.05, 0) is 47.4 Å². The lowest BCUT2D eigenvalue weighted by Gasteiger charge is -2.34. The number of carbonyl (C=O) groups is 1. The molecule has 0 spiro atoms. The van der Waals surface area contributed by atoms with Crippen molar-refractivity contribution in [3.63, 3.8) is 0 Å². The van der Waals surface area contributed by atoms with Crippen molar-refractivity contribution in [2.24, 2.45) is 0 Å². The maximum absolute atomic E-state index is 14.1. The van der Waals surface area contributed by atoms with Crippen LogP contribution in [0.15, 0.2) is 16.6 Å². The largest absolute Gasteiger partial charge is 0.367 e. The van der Waals surface area contributed by atoms with Gasteiger partial charge in [-0.25, -0.2) is 4.39 Å². The van der Waals surface area contributed by atoms with Crippen LogP contribution in [0.4, 0.5) is 4.39 Å². The smallest absolute Gasteiger partial charge is 0.195 e. The van der Waals surface area contributed by atoms with E-state index < -0.39 is 11.9 Å². The molecule has 6 heteroatoms. The van der Waals surface area contributed by atoms with Gasteiger partial charge in [-0.2, -0.15) is 0 Å². The molecule has 0 radical (unpaired) electrons. The molecule has 0 amide bonds. The third-order valence-corrected chi connectivity index (χ3v) is 5.24. The Labute approximate surface area is 130 Å². The minimum atomic E-state index is -0.682. The lowest BCUT2D eigenvalue weighted by atomic mass is 10.0. The van der Waals surface area contributed by atoms with E-state index in [4.69, 9.17) is 16.3 Å². The second kappa shape index (κ2) is 5.72. The highest BCUT2D eigenvalue weighted by molar-refractivity contribution is 9.10. The summed E-state index contributed by atoms with van der Waals surface area (Å²) in [6.45, 7) is 2.07. The normalized spacial score (nSPS) is 26.6. The number of fused-ring (bicyclic) bond motifs is 1. The van der Waals surface area contributed by atoms with E-state index in [1.165, 1.54) is 6.07 Å². The Morgan fingerprint density at radius 2 is 2.30 bits per heavy atom. The molecule has 3 nitrogen and oxygen atoms in total. The first-order valence-electron chi connectivity index (χ1n) is 6.61. The van der Waals surface area contributed by atoms with Gasteiger partial charge in [-0.1, -0.05) is 11.6 Å². The summed E-state index contributed by atoms with van der Waals surface area (Å²) in [4.78, 5) is 14.7. The van der Waals surface area contributed by atoms with Gasteiger partial charge in [-0.3, -0.25) is 9.69 Å². The predicted octanol–water partition coefficient (Wildman–Crippen LogP) is 3.29. The van der Waals surface area contributed by atoms with Crippen molar-refractivity contribution in [2.45, 2.75) is 25.0 Å². The number of rotatable bonds is 2. The zero-order valence-electron chi connectivity index (χ0n) is 10.7. The van der Waals surface area contributed by atoms with E-state index >= 15 is 0 Å². The molecule has 2 heterocycles. The van der Waals surface area contributed by atoms with E-state index in [0.29, 0.717) is 23.7 Å². The monoisotopic (exact) mass is 361 g/mol. The number of carbonyl (C=O) groups excluding carboxylic acids is 1. The quantitative estimate of drug-likeness (QED) is 0.597. The molecule has 0 bridgehead atoms. The number of nitrogens with zero attached hydrogens (tertiary/aromatic N) is 1. The zero-order chi connectivity index (χ0) is 14.3. The lowest BCUT2D eigenvalue weighted by Crippen LogP contribution is -2.49. The fraction of sp³-hybridized carbons (Fsp3) is 0.500. The average molecular weight is 363 g/mol. The molecule has 2 fully saturated rings. The minimum absolute atomic E-state index is 0.000784. The highest BCUT2D eigenvalue weighted by Crippen LogP contribution is 2.30. The van der Waals surface area contributed by atoms with Gasteiger partial charge in [0.15, 0.2) is 11.6 Å². The highest BCUT2D eigenvalue weighted by atomic mass is 79.9. The third-order valence-electron chi connectivity index (χ3n) is 3.98. The van der Waals surface area contributed by atoms with Crippen LogP contribution < -0.4 is 0 Å². The number of ether oxygens (including phenoxy) is 1. The van der Waals surface area contributed by atoms with Gasteiger partial charge < -0.3 is 4.74 Å². The minimum Gasteiger partial charge on any atom is -0.367 e. The number of halogens is 3. The Bertz CT molecular complexity index is 554. The van der Waals surface area contributed by atoms with E-state index in [-0.39, 0.29) is 16.4 Å². The van der Waals surface area contributed by atoms with Gasteiger partial charge in [0, 0.05) is 17.1 Å². The number of hydrogen-bond acceptors (Lipinski definition) is 3. The highest BCUT2D eigenvalue weighted by Gasteiger charge is 2.36. The van der Waals surface area contributed by atoms with Gasteiger partial charge in [0.05, 0.1) is 17.2 Å². The van der Waals surface area contributed by atoms with Gasteiger partial charge in [0.2, 0.25) is 0 Å². The van der Waals surface area contributed by atoms with Crippen LogP contribution in [0.2, 0.25) is 5.02 Å². The summed E-state index contributed by atoms with van der Waals surface area (Å²) in [6.07, 6.45) is 1.64. The molecule has 108 valence electrons. The Hall–Kier alpha value is -0.490. The van der Waals surface area contributed by atoms with E-state index in [1.54, 1.807) is 6.07 Å². The van der Waals surface area contributed by atoms with Crippen LogP contribution in [0.3, 0.4) is 0 Å². The molecule has 1 aromatic rings. The van der Waals surface area contributed by atoms with Crippen molar-refractivity contribution in [1.82, 2.24) is 4.90 Å². The summed E-state index contributed by atoms with van der Waals surface area (Å²) in [7, 11) is 0. The maximum Gasteiger partial charge on any atom is 0.195 e. The summed E-state index contributed by atoms with van der Waals surface area (Å²) in [5, 5.41) is -0.0642. The van der Waals surface area contributed by atoms with Crippen molar-refractivity contribution in [3.8, 4) is 0 Å². The fourth-order valence-corrected chi connectivity index (χ4v) is 3.34. The molecule has 2 atom stereocenters. The number of morpholine rings is 1. The first-order valence-corrected chi connectivity index (χ1v) is 7.78. The summed E-state index contributed by atoms with van der Waals surface area (Å²) < 4.78 is 20.1. The number of ketones is 1. The Kier molecular flexibility index (Phi) is 4.13. The molecule has 2 aliphatic heterocycles. The fourth-order valence-electron chi connectivity index (χ4n) is 2.87. The van der Waals surface area contributed by atoms with Crippen LogP contribution in [0.25, 0.3) is 0 Å². The molecule has 20 heavy (non-hydrogen) atoms. The molecular formula is C14H14BrClFNO2. The van der Waals surface area contributed by atoms with Crippen LogP contribution >= 0.6 is 27.5 Å². The van der Waals surface area contributed by atoms with E-state index in [2.05, 4.69) is 20.8 Å². The van der Waals surface area contributed by atoms with Gasteiger partial charge in [0.25, 0.3) is 0 Å². The first-order chi connectivity index (χ1) is 9.58. The average Bonchev–Trinajstić information content (AvgIpc) is 2.91. The SMILES string of the molecule is O=C(c1ccc(Br)c(Cl)c1F)C1CN2CCCC2CO1. The third kappa shape index (κ3) is 2.52. The number of Topliss-reactive ketones (excluding diaryl/α,β-unsaturated/α-hetero) is 1. The van der Waals surface area contributed by atoms with Crippen LogP contribution in [-0.2, 0) is 4.74 Å². The van der Waals surface area contributed by atoms with Crippen molar-refractivity contribution >= 4 is 33.3 Å². The molecule has 2 saturated heterocycles. The summed E-state index contributed by atoms with van der Waals surface area (Å²) in [6, 6.07) is 3.45. The zero-order valence-corrected chi connectivity index (χ0v) is 13.1. The molecule has 2 aliphatic rings. The maximum atomic E-state index is 14.1. The Balaban J connectivity index is 1.81. The van der Waals surface area contributed by atoms with Gasteiger partial charge in [-0.15, -0.1) is 0 Å². The van der Waals surface area contributed by atoms with Crippen molar-refractivity contribution in [1.29, 1.82) is 0 Å². The van der Waals surface area contributed by atoms with Crippen LogP contribution in [0.1, 0.15) is 23.2 Å². The molecule has 0 saturated carbocycles. The number of hydrogen-bond donors (Lipinski definition) is 0. The standard InChI is InChI=1S/C14H14BrClFNO2/c15-10-4-3-9(13(17)12(10)16)14(19)11-6-18-5-1-2-8(18)7-20-11/h3-4,8,11H,1-2,5-7H2. The molecule has 1 aromatic carbocycles. The molecule has 0 aromatic heterocycles. The molecule has 0 N–H and O–H groups in total. The summed E-state index contributed by atoms with van der Waals surface area (Å²) in [5.41, 5.74) is 0.000784. The van der Waals surface area contributed by atoms with Crippen LogP contribution in [-0.4, -0.2) is 42.5 Å². The molecule has 2 unspecified atom stereocenters. The Morgan fingerprint density at radius 1 is 1.50 bits per heavy atom. The van der Waals surface area contributed by atoms with E-state index in [0.717, 1.165) is 19.4 Å². The van der Waals surface area contributed by atoms with Gasteiger partial charge >= 0.3 is 0 Å². The molecular weight excluding hydrogens is 349 g/mol. The van der Waals surface area contributed by atoms with Crippen molar-refractivity contribution in [3.05, 3.63) is 33.0 Å². The lowest BCUT2D eigenvalue weighted by molar-refractivity contribution is -0.0346. The van der Waals surface area contributed by atoms with Crippen molar-refractivity contribution < 1.29 is 13.9 Å². The Morgan fingerprint density at radius 3 is 3.10 bits per heavy atom. The van der Waals surface area contributed by atoms with Crippen LogP contribution in [0.5, 0.6) is 0 Å². The summed E-state index contributed by atoms with van der Waals surface area (Å²) in [5.74, 6) is -1.01. The molecule has 0 aliphatic carbocycles. The first kappa shape index (κ1) is 14.4. The van der Waals surface area contributed by atoms with E-state index in [9.17, 15) is 9.18 Å². The predicted molar refractivity (Wildman–Crippen MR) is 77.8 cm³/mol. The number of benzene rings is 1. The van der Waals surface area contributed by atoms with E-state index in [1.807, 2.05) is 0 Å². The van der Waals surface area contributed by atoms with Gasteiger partial charge in [0.1, 0.15) is 6.10 Å². The summed E-state index contributed by atoms with van der Waals surface area (Å²) >= 11 is 8.97.